The van der Waals surface area contributed by atoms with Crippen molar-refractivity contribution in [3.63, 3.8) is 0 Å². The van der Waals surface area contributed by atoms with E-state index in [0.717, 1.165) is 15.6 Å². The van der Waals surface area contributed by atoms with Gasteiger partial charge in [-0.05, 0) is 12.1 Å². The molecule has 0 aliphatic heterocycles. The fourth-order valence-corrected chi connectivity index (χ4v) is 3.23. The molecule has 19 heavy (non-hydrogen) atoms. The SMILES string of the molecule is O=C(O)c1ncsc1N(c1ccccc1Cl)S(=O)[O-]. The van der Waals surface area contributed by atoms with Crippen molar-refractivity contribution in [3.8, 4) is 0 Å². The van der Waals surface area contributed by atoms with E-state index in [1.54, 1.807) is 12.1 Å². The number of thiazole rings is 1. The van der Waals surface area contributed by atoms with Crippen LogP contribution in [0.1, 0.15) is 10.5 Å². The summed E-state index contributed by atoms with van der Waals surface area (Å²) in [5.74, 6) is -1.31. The smallest absolute Gasteiger partial charge is 0.357 e. The molecular weight excluding hydrogens is 312 g/mol. The molecule has 100 valence electrons. The monoisotopic (exact) mass is 317 g/mol. The lowest BCUT2D eigenvalue weighted by atomic mass is 10.3. The highest BCUT2D eigenvalue weighted by Crippen LogP contribution is 2.36. The number of aromatic carboxylic acids is 1. The minimum atomic E-state index is -2.71. The van der Waals surface area contributed by atoms with Gasteiger partial charge in [0, 0.05) is 0 Å². The molecular formula is C10H6ClN2O4S2-. The van der Waals surface area contributed by atoms with Crippen molar-refractivity contribution in [2.24, 2.45) is 0 Å². The van der Waals surface area contributed by atoms with Gasteiger partial charge in [-0.15, -0.1) is 11.3 Å². The Morgan fingerprint density at radius 3 is 2.74 bits per heavy atom. The Balaban J connectivity index is 2.59. The third-order valence-electron chi connectivity index (χ3n) is 2.16. The van der Waals surface area contributed by atoms with Crippen molar-refractivity contribution in [1.82, 2.24) is 4.98 Å². The quantitative estimate of drug-likeness (QED) is 0.874. The van der Waals surface area contributed by atoms with Gasteiger partial charge in [0.1, 0.15) is 5.00 Å². The first kappa shape index (κ1) is 13.9. The minimum Gasteiger partial charge on any atom is -0.755 e. The van der Waals surface area contributed by atoms with E-state index in [9.17, 15) is 13.6 Å². The van der Waals surface area contributed by atoms with Gasteiger partial charge in [-0.1, -0.05) is 23.7 Å². The first-order chi connectivity index (χ1) is 9.02. The number of carboxylic acids is 1. The number of aromatic nitrogens is 1. The summed E-state index contributed by atoms with van der Waals surface area (Å²) >= 11 is 4.12. The van der Waals surface area contributed by atoms with Gasteiger partial charge in [-0.2, -0.15) is 0 Å². The molecule has 0 saturated carbocycles. The molecule has 1 unspecified atom stereocenters. The van der Waals surface area contributed by atoms with Crippen LogP contribution in [0.15, 0.2) is 29.8 Å². The van der Waals surface area contributed by atoms with E-state index in [4.69, 9.17) is 16.7 Å². The zero-order chi connectivity index (χ0) is 14.0. The molecule has 1 aromatic carbocycles. The molecule has 1 N–H and O–H groups in total. The number of benzene rings is 1. The molecule has 1 aromatic heterocycles. The number of anilines is 2. The topological polar surface area (TPSA) is 93.6 Å². The molecule has 1 heterocycles. The van der Waals surface area contributed by atoms with Crippen LogP contribution in [0.4, 0.5) is 10.7 Å². The van der Waals surface area contributed by atoms with Crippen molar-refractivity contribution in [2.45, 2.75) is 0 Å². The average molecular weight is 318 g/mol. The Morgan fingerprint density at radius 2 is 2.16 bits per heavy atom. The van der Waals surface area contributed by atoms with Crippen LogP contribution in [-0.2, 0) is 11.3 Å². The third kappa shape index (κ3) is 2.76. The fourth-order valence-electron chi connectivity index (χ4n) is 1.40. The van der Waals surface area contributed by atoms with Gasteiger partial charge in [-0.3, -0.25) is 8.51 Å². The van der Waals surface area contributed by atoms with E-state index < -0.39 is 17.2 Å². The molecule has 0 aliphatic carbocycles. The van der Waals surface area contributed by atoms with Crippen LogP contribution in [0.25, 0.3) is 0 Å². The highest BCUT2D eigenvalue weighted by molar-refractivity contribution is 7.81. The second-order valence-electron chi connectivity index (χ2n) is 3.27. The Morgan fingerprint density at radius 1 is 1.47 bits per heavy atom. The largest absolute Gasteiger partial charge is 0.755 e. The van der Waals surface area contributed by atoms with E-state index in [0.29, 0.717) is 0 Å². The lowest BCUT2D eigenvalue weighted by Gasteiger charge is -2.25. The maximum absolute atomic E-state index is 11.4. The van der Waals surface area contributed by atoms with Crippen LogP contribution in [0, 0.1) is 0 Å². The van der Waals surface area contributed by atoms with Gasteiger partial charge >= 0.3 is 5.97 Å². The summed E-state index contributed by atoms with van der Waals surface area (Å²) in [6.45, 7) is 0. The molecule has 1 atom stereocenters. The summed E-state index contributed by atoms with van der Waals surface area (Å²) in [6, 6.07) is 6.23. The van der Waals surface area contributed by atoms with Gasteiger partial charge in [0.25, 0.3) is 0 Å². The summed E-state index contributed by atoms with van der Waals surface area (Å²) in [6.07, 6.45) is 0. The molecule has 0 fully saturated rings. The zero-order valence-corrected chi connectivity index (χ0v) is 11.5. The summed E-state index contributed by atoms with van der Waals surface area (Å²) in [5.41, 5.74) is 1.09. The van der Waals surface area contributed by atoms with E-state index in [1.807, 2.05) is 0 Å². The summed E-state index contributed by atoms with van der Waals surface area (Å²) < 4.78 is 23.6. The number of carbonyl (C=O) groups is 1. The first-order valence-corrected chi connectivity index (χ1v) is 7.12. The lowest BCUT2D eigenvalue weighted by molar-refractivity contribution is 0.0692. The molecule has 9 heteroatoms. The Hall–Kier alpha value is -1.48. The van der Waals surface area contributed by atoms with E-state index >= 15 is 0 Å². The van der Waals surface area contributed by atoms with E-state index in [2.05, 4.69) is 4.98 Å². The Labute approximate surface area is 119 Å². The van der Waals surface area contributed by atoms with Crippen molar-refractivity contribution in [3.05, 3.63) is 40.5 Å². The van der Waals surface area contributed by atoms with Gasteiger partial charge in [0.15, 0.2) is 5.69 Å². The second-order valence-corrected chi connectivity index (χ2v) is 5.31. The van der Waals surface area contributed by atoms with Gasteiger partial charge in [0.05, 0.1) is 27.5 Å². The Kier molecular flexibility index (Phi) is 4.15. The fraction of sp³-hybridized carbons (Fsp3) is 0. The number of hydrogen-bond donors (Lipinski definition) is 1. The van der Waals surface area contributed by atoms with Crippen LogP contribution in [0.2, 0.25) is 5.02 Å². The van der Waals surface area contributed by atoms with Crippen molar-refractivity contribution >= 4 is 50.9 Å². The molecule has 0 amide bonds. The number of nitrogens with zero attached hydrogens (tertiary/aromatic N) is 2. The normalized spacial score (nSPS) is 12.1. The molecule has 0 saturated heterocycles. The van der Waals surface area contributed by atoms with Crippen molar-refractivity contribution < 1.29 is 18.7 Å². The summed E-state index contributed by atoms with van der Waals surface area (Å²) in [5, 5.41) is 9.16. The number of rotatable bonds is 4. The molecule has 0 aliphatic rings. The van der Waals surface area contributed by atoms with Crippen molar-refractivity contribution in [1.29, 1.82) is 0 Å². The predicted octanol–water partition coefficient (Wildman–Crippen LogP) is 2.43. The predicted molar refractivity (Wildman–Crippen MR) is 71.6 cm³/mol. The molecule has 2 rings (SSSR count). The summed E-state index contributed by atoms with van der Waals surface area (Å²) in [7, 11) is 0. The average Bonchev–Trinajstić information content (AvgIpc) is 2.80. The van der Waals surface area contributed by atoms with Gasteiger partial charge < -0.3 is 9.66 Å². The summed E-state index contributed by atoms with van der Waals surface area (Å²) in [4.78, 5) is 14.6. The third-order valence-corrected chi connectivity index (χ3v) is 4.08. The number of halogens is 1. The van der Waals surface area contributed by atoms with Crippen LogP contribution in [0.5, 0.6) is 0 Å². The highest BCUT2D eigenvalue weighted by atomic mass is 35.5. The molecule has 2 aromatic rings. The van der Waals surface area contributed by atoms with Crippen LogP contribution >= 0.6 is 22.9 Å². The molecule has 0 spiro atoms. The maximum atomic E-state index is 11.4. The van der Waals surface area contributed by atoms with Gasteiger partial charge in [0.2, 0.25) is 0 Å². The molecule has 0 radical (unpaired) electrons. The van der Waals surface area contributed by atoms with Crippen LogP contribution in [-0.4, -0.2) is 24.8 Å². The van der Waals surface area contributed by atoms with Crippen LogP contribution in [0.3, 0.4) is 0 Å². The molecule has 0 bridgehead atoms. The van der Waals surface area contributed by atoms with Gasteiger partial charge in [-0.25, -0.2) is 9.78 Å². The highest BCUT2D eigenvalue weighted by Gasteiger charge is 2.23. The molecule has 6 nitrogen and oxygen atoms in total. The first-order valence-electron chi connectivity index (χ1n) is 4.83. The number of hydrogen-bond acceptors (Lipinski definition) is 5. The number of carboxylic acid groups (broad SMARTS) is 1. The standard InChI is InChI=1S/C10H7ClN2O4S2/c11-6-3-1-2-4-7(6)13(19(16)17)9-8(10(14)15)12-5-18-9/h1-5H,(H,14,15)(H,16,17)/p-1. The van der Waals surface area contributed by atoms with Crippen molar-refractivity contribution in [2.75, 3.05) is 4.31 Å². The van der Waals surface area contributed by atoms with E-state index in [-0.39, 0.29) is 21.4 Å². The maximum Gasteiger partial charge on any atom is 0.357 e. The lowest BCUT2D eigenvalue weighted by Crippen LogP contribution is -2.21. The minimum absolute atomic E-state index is 0.0195. The second kappa shape index (κ2) is 5.66. The van der Waals surface area contributed by atoms with E-state index in [1.165, 1.54) is 17.6 Å². The Bertz CT molecular complexity index is 646. The zero-order valence-electron chi connectivity index (χ0n) is 9.15. The van der Waals surface area contributed by atoms with Crippen LogP contribution < -0.4 is 4.31 Å². The number of para-hydroxylation sites is 1.